The molecule has 0 spiro atoms. The molecule has 1 fully saturated rings. The van der Waals surface area contributed by atoms with E-state index in [0.717, 1.165) is 24.8 Å². The summed E-state index contributed by atoms with van der Waals surface area (Å²) in [6, 6.07) is 7.82. The van der Waals surface area contributed by atoms with E-state index < -0.39 is 9.84 Å². The first kappa shape index (κ1) is 16.1. The number of sulfone groups is 1. The van der Waals surface area contributed by atoms with Crippen LogP contribution >= 0.6 is 0 Å². The second-order valence-electron chi connectivity index (χ2n) is 5.75. The second kappa shape index (κ2) is 6.80. The lowest BCUT2D eigenvalue weighted by Crippen LogP contribution is -2.21. The molecule has 1 saturated heterocycles. The van der Waals surface area contributed by atoms with Gasteiger partial charge in [0.1, 0.15) is 5.75 Å². The minimum Gasteiger partial charge on any atom is -0.377 e. The van der Waals surface area contributed by atoms with Gasteiger partial charge in [-0.3, -0.25) is 0 Å². The van der Waals surface area contributed by atoms with Crippen LogP contribution in [0.5, 0.6) is 0 Å². The number of ether oxygens (including phenoxy) is 1. The molecule has 0 radical (unpaired) electrons. The summed E-state index contributed by atoms with van der Waals surface area (Å²) in [5.41, 5.74) is 2.03. The van der Waals surface area contributed by atoms with Crippen molar-refractivity contribution in [3.8, 4) is 11.4 Å². The lowest BCUT2D eigenvalue weighted by Gasteiger charge is -2.08. The second-order valence-corrected chi connectivity index (χ2v) is 7.86. The molecule has 3 rings (SSSR count). The third kappa shape index (κ3) is 4.17. The van der Waals surface area contributed by atoms with Gasteiger partial charge in [-0.1, -0.05) is 36.3 Å². The highest BCUT2D eigenvalue weighted by molar-refractivity contribution is 7.90. The zero-order valence-electron chi connectivity index (χ0n) is 13.1. The highest BCUT2D eigenvalue weighted by Gasteiger charge is 2.25. The Hall–Kier alpha value is -1.73. The van der Waals surface area contributed by atoms with E-state index in [4.69, 9.17) is 9.26 Å². The molecule has 1 aromatic carbocycles. The Morgan fingerprint density at radius 3 is 2.70 bits per heavy atom. The quantitative estimate of drug-likeness (QED) is 0.805. The standard InChI is InChI=1S/C16H20N2O4S/c1-2-12-5-7-13(8-6-12)16-17-15(22-18-16)11-23(19,20)10-14-4-3-9-21-14/h5-8,14H,2-4,9-11H2,1H3/t14-/m0/s1. The van der Waals surface area contributed by atoms with Crippen LogP contribution in [0.3, 0.4) is 0 Å². The van der Waals surface area contributed by atoms with E-state index in [9.17, 15) is 8.42 Å². The molecule has 124 valence electrons. The summed E-state index contributed by atoms with van der Waals surface area (Å²) >= 11 is 0. The molecule has 0 N–H and O–H groups in total. The van der Waals surface area contributed by atoms with Crippen LogP contribution in [0.2, 0.25) is 0 Å². The maximum absolute atomic E-state index is 12.2. The zero-order chi connectivity index (χ0) is 16.3. The summed E-state index contributed by atoms with van der Waals surface area (Å²) < 4.78 is 34.8. The van der Waals surface area contributed by atoms with E-state index in [0.29, 0.717) is 12.4 Å². The number of benzene rings is 1. The molecule has 1 aromatic heterocycles. The Morgan fingerprint density at radius 1 is 1.26 bits per heavy atom. The number of hydrogen-bond acceptors (Lipinski definition) is 6. The first-order chi connectivity index (χ1) is 11.1. The molecule has 0 saturated carbocycles. The van der Waals surface area contributed by atoms with Gasteiger partial charge in [-0.05, 0) is 24.8 Å². The van der Waals surface area contributed by atoms with Crippen molar-refractivity contribution in [2.45, 2.75) is 38.0 Å². The Morgan fingerprint density at radius 2 is 2.04 bits per heavy atom. The summed E-state index contributed by atoms with van der Waals surface area (Å²) in [6.45, 7) is 2.72. The van der Waals surface area contributed by atoms with Crippen molar-refractivity contribution in [3.63, 3.8) is 0 Å². The fourth-order valence-electron chi connectivity index (χ4n) is 2.63. The number of rotatable bonds is 6. The molecule has 1 atom stereocenters. The third-order valence-corrected chi connectivity index (χ3v) is 5.46. The van der Waals surface area contributed by atoms with Gasteiger partial charge in [0.2, 0.25) is 11.7 Å². The van der Waals surface area contributed by atoms with Crippen molar-refractivity contribution < 1.29 is 17.7 Å². The molecule has 0 aliphatic carbocycles. The topological polar surface area (TPSA) is 82.3 Å². The largest absolute Gasteiger partial charge is 0.377 e. The highest BCUT2D eigenvalue weighted by Crippen LogP contribution is 2.19. The molecule has 0 unspecified atom stereocenters. The number of aromatic nitrogens is 2. The molecule has 7 heteroatoms. The van der Waals surface area contributed by atoms with Crippen molar-refractivity contribution in [1.29, 1.82) is 0 Å². The summed E-state index contributed by atoms with van der Waals surface area (Å²) in [5, 5.41) is 3.88. The average Bonchev–Trinajstić information content (AvgIpc) is 3.18. The molecule has 0 bridgehead atoms. The maximum Gasteiger partial charge on any atom is 0.242 e. The van der Waals surface area contributed by atoms with Crippen molar-refractivity contribution in [3.05, 3.63) is 35.7 Å². The summed E-state index contributed by atoms with van der Waals surface area (Å²) in [6.07, 6.45) is 2.46. The lowest BCUT2D eigenvalue weighted by molar-refractivity contribution is 0.127. The van der Waals surface area contributed by atoms with Crippen LogP contribution in [0.25, 0.3) is 11.4 Å². The number of nitrogens with zero attached hydrogens (tertiary/aromatic N) is 2. The highest BCUT2D eigenvalue weighted by atomic mass is 32.2. The smallest absolute Gasteiger partial charge is 0.242 e. The van der Waals surface area contributed by atoms with E-state index in [1.165, 1.54) is 5.56 Å². The van der Waals surface area contributed by atoms with Gasteiger partial charge in [0, 0.05) is 12.2 Å². The Kier molecular flexibility index (Phi) is 4.77. The van der Waals surface area contributed by atoms with E-state index in [2.05, 4.69) is 17.1 Å². The predicted octanol–water partition coefficient (Wildman–Crippen LogP) is 2.39. The summed E-state index contributed by atoms with van der Waals surface area (Å²) in [7, 11) is -3.32. The van der Waals surface area contributed by atoms with Crippen molar-refractivity contribution in [1.82, 2.24) is 10.1 Å². The number of hydrogen-bond donors (Lipinski definition) is 0. The zero-order valence-corrected chi connectivity index (χ0v) is 13.9. The lowest BCUT2D eigenvalue weighted by atomic mass is 10.1. The fraction of sp³-hybridized carbons (Fsp3) is 0.500. The normalized spacial score (nSPS) is 18.4. The summed E-state index contributed by atoms with van der Waals surface area (Å²) in [4.78, 5) is 4.20. The molecule has 2 heterocycles. The number of aryl methyl sites for hydroxylation is 1. The van der Waals surface area contributed by atoms with E-state index in [-0.39, 0.29) is 23.5 Å². The third-order valence-electron chi connectivity index (χ3n) is 3.90. The van der Waals surface area contributed by atoms with Gasteiger partial charge in [-0.15, -0.1) is 0 Å². The van der Waals surface area contributed by atoms with Crippen LogP contribution in [0.4, 0.5) is 0 Å². The minimum atomic E-state index is -3.32. The first-order valence-corrected chi connectivity index (χ1v) is 9.62. The van der Waals surface area contributed by atoms with Crippen LogP contribution in [0.1, 0.15) is 31.2 Å². The molecular weight excluding hydrogens is 316 g/mol. The van der Waals surface area contributed by atoms with Crippen LogP contribution in [-0.4, -0.2) is 37.0 Å². The molecular formula is C16H20N2O4S. The molecule has 6 nitrogen and oxygen atoms in total. The maximum atomic E-state index is 12.2. The van der Waals surface area contributed by atoms with Gasteiger partial charge in [0.05, 0.1) is 11.9 Å². The van der Waals surface area contributed by atoms with Gasteiger partial charge in [0.15, 0.2) is 9.84 Å². The van der Waals surface area contributed by atoms with Gasteiger partial charge in [-0.2, -0.15) is 4.98 Å². The first-order valence-electron chi connectivity index (χ1n) is 7.79. The molecule has 23 heavy (non-hydrogen) atoms. The predicted molar refractivity (Wildman–Crippen MR) is 85.6 cm³/mol. The van der Waals surface area contributed by atoms with Crippen LogP contribution in [0, 0.1) is 0 Å². The fourth-order valence-corrected chi connectivity index (χ4v) is 4.07. The van der Waals surface area contributed by atoms with E-state index >= 15 is 0 Å². The average molecular weight is 336 g/mol. The Bertz CT molecular complexity index is 747. The summed E-state index contributed by atoms with van der Waals surface area (Å²) in [5.74, 6) is 0.301. The van der Waals surface area contributed by atoms with Crippen LogP contribution in [-0.2, 0) is 26.7 Å². The Labute approximate surface area is 135 Å². The van der Waals surface area contributed by atoms with Gasteiger partial charge >= 0.3 is 0 Å². The molecule has 1 aliphatic heterocycles. The van der Waals surface area contributed by atoms with Gasteiger partial charge in [-0.25, -0.2) is 8.42 Å². The minimum absolute atomic E-state index is 0.00983. The van der Waals surface area contributed by atoms with Crippen molar-refractivity contribution >= 4 is 9.84 Å². The molecule has 0 amide bonds. The van der Waals surface area contributed by atoms with Gasteiger partial charge < -0.3 is 9.26 Å². The molecule has 1 aliphatic rings. The monoisotopic (exact) mass is 336 g/mol. The van der Waals surface area contributed by atoms with Crippen molar-refractivity contribution in [2.24, 2.45) is 0 Å². The van der Waals surface area contributed by atoms with Crippen LogP contribution < -0.4 is 0 Å². The van der Waals surface area contributed by atoms with E-state index in [1.54, 1.807) is 0 Å². The van der Waals surface area contributed by atoms with Crippen LogP contribution in [0.15, 0.2) is 28.8 Å². The Balaban J connectivity index is 1.68. The van der Waals surface area contributed by atoms with Crippen molar-refractivity contribution in [2.75, 3.05) is 12.4 Å². The SMILES string of the molecule is CCc1ccc(-c2noc(CS(=O)(=O)C[C@@H]3CCCO3)n2)cc1. The van der Waals surface area contributed by atoms with Gasteiger partial charge in [0.25, 0.3) is 0 Å². The molecule has 2 aromatic rings. The van der Waals surface area contributed by atoms with E-state index in [1.807, 2.05) is 24.3 Å².